The molecule has 2 heterocycles. The zero-order valence-corrected chi connectivity index (χ0v) is 31.3. The monoisotopic (exact) mass is 784 g/mol. The first-order valence-electron chi connectivity index (χ1n) is 16.8. The van der Waals surface area contributed by atoms with Crippen LogP contribution >= 0.6 is 23.4 Å². The third-order valence-corrected chi connectivity index (χ3v) is 10.1. The van der Waals surface area contributed by atoms with Gasteiger partial charge in [0.2, 0.25) is 5.91 Å². The standard InChI is InChI=1S/C39H37ClN6O6S2/c40-32-12-5-6-13-35(32)53-27-31-16-18-34(52-24-21-28-9-2-1-3-10-28)33(45-31)17-20-38(47)41-22-8-23-42-39(48)30-15-19-37(43-25-30)46-44-26-29-11-4-7-14-36(29)54(49,50)51/h1-7,9-20,25-26H,8,21-24,27H2,(H,41,47)(H,42,48)(H,43,46)(H,49,50,51)/b20-17+,44-26+. The van der Waals surface area contributed by atoms with Crippen LogP contribution in [0.25, 0.3) is 6.08 Å². The van der Waals surface area contributed by atoms with Crippen LogP contribution in [0.15, 0.2) is 130 Å². The maximum atomic E-state index is 12.7. The van der Waals surface area contributed by atoms with Crippen LogP contribution in [0.4, 0.5) is 5.82 Å². The highest BCUT2D eigenvalue weighted by molar-refractivity contribution is 7.98. The first-order valence-corrected chi connectivity index (χ1v) is 19.6. The van der Waals surface area contributed by atoms with Gasteiger partial charge in [-0.1, -0.05) is 72.3 Å². The molecule has 3 aromatic carbocycles. The van der Waals surface area contributed by atoms with Crippen LogP contribution < -0.4 is 20.8 Å². The number of nitrogens with zero attached hydrogens (tertiary/aromatic N) is 3. The summed E-state index contributed by atoms with van der Waals surface area (Å²) < 4.78 is 38.5. The van der Waals surface area contributed by atoms with Gasteiger partial charge in [-0.05, 0) is 60.5 Å². The molecule has 0 atom stereocenters. The number of halogens is 1. The van der Waals surface area contributed by atoms with Gasteiger partial charge in [-0.15, -0.1) is 11.8 Å². The molecule has 0 aliphatic rings. The molecule has 2 aromatic heterocycles. The zero-order valence-electron chi connectivity index (χ0n) is 28.9. The van der Waals surface area contributed by atoms with Crippen molar-refractivity contribution in [2.24, 2.45) is 5.10 Å². The minimum Gasteiger partial charge on any atom is -0.491 e. The molecule has 0 aliphatic carbocycles. The van der Waals surface area contributed by atoms with Crippen molar-refractivity contribution in [2.45, 2.75) is 28.4 Å². The molecule has 5 aromatic rings. The largest absolute Gasteiger partial charge is 0.491 e. The number of hydrazone groups is 1. The van der Waals surface area contributed by atoms with Crippen LogP contribution in [0.2, 0.25) is 5.02 Å². The third kappa shape index (κ3) is 12.6. The fourth-order valence-corrected chi connectivity index (χ4v) is 6.68. The van der Waals surface area contributed by atoms with E-state index in [1.165, 1.54) is 42.8 Å². The van der Waals surface area contributed by atoms with Crippen molar-refractivity contribution >= 4 is 63.4 Å². The van der Waals surface area contributed by atoms with Gasteiger partial charge in [-0.3, -0.25) is 19.6 Å². The van der Waals surface area contributed by atoms with E-state index in [2.05, 4.69) is 26.1 Å². The molecule has 4 N–H and O–H groups in total. The molecule has 54 heavy (non-hydrogen) atoms. The Labute approximate surface area is 322 Å². The second-order valence-electron chi connectivity index (χ2n) is 11.5. The Kier molecular flexibility index (Phi) is 14.7. The Morgan fingerprint density at radius 2 is 1.67 bits per heavy atom. The molecular weight excluding hydrogens is 748 g/mol. The van der Waals surface area contributed by atoms with E-state index in [0.717, 1.165) is 22.6 Å². The number of thioether (sulfide) groups is 1. The van der Waals surface area contributed by atoms with E-state index in [1.54, 1.807) is 30.0 Å². The molecule has 0 saturated heterocycles. The molecule has 278 valence electrons. The van der Waals surface area contributed by atoms with Gasteiger partial charge in [0.15, 0.2) is 0 Å². The summed E-state index contributed by atoms with van der Waals surface area (Å²) in [6.45, 7) is 1.08. The molecule has 0 fully saturated rings. The Bertz CT molecular complexity index is 2200. The molecular formula is C39H37ClN6O6S2. The number of nitrogens with one attached hydrogen (secondary N) is 3. The maximum Gasteiger partial charge on any atom is 0.295 e. The maximum absolute atomic E-state index is 12.7. The lowest BCUT2D eigenvalue weighted by atomic mass is 10.2. The molecule has 15 heteroatoms. The highest BCUT2D eigenvalue weighted by Crippen LogP contribution is 2.30. The van der Waals surface area contributed by atoms with Crippen LogP contribution in [0.1, 0.15) is 39.3 Å². The summed E-state index contributed by atoms with van der Waals surface area (Å²) in [6, 6.07) is 30.3. The lowest BCUT2D eigenvalue weighted by Crippen LogP contribution is -2.29. The summed E-state index contributed by atoms with van der Waals surface area (Å²) in [5.41, 5.74) is 5.65. The van der Waals surface area contributed by atoms with Gasteiger partial charge in [0.1, 0.15) is 22.2 Å². The quantitative estimate of drug-likeness (QED) is 0.0188. The molecule has 12 nitrogen and oxygen atoms in total. The van der Waals surface area contributed by atoms with Crippen molar-refractivity contribution in [2.75, 3.05) is 25.1 Å². The van der Waals surface area contributed by atoms with Gasteiger partial charge >= 0.3 is 0 Å². The molecule has 5 rings (SSSR count). The molecule has 0 saturated carbocycles. The van der Waals surface area contributed by atoms with Crippen LogP contribution in [-0.4, -0.2) is 60.7 Å². The summed E-state index contributed by atoms with van der Waals surface area (Å²) in [5, 5.41) is 10.2. The molecule has 0 radical (unpaired) electrons. The Morgan fingerprint density at radius 3 is 2.44 bits per heavy atom. The third-order valence-electron chi connectivity index (χ3n) is 7.58. The van der Waals surface area contributed by atoms with Gasteiger partial charge in [0.25, 0.3) is 16.0 Å². The summed E-state index contributed by atoms with van der Waals surface area (Å²) >= 11 is 7.90. The number of carbonyl (C=O) groups excluding carboxylic acids is 2. The first-order chi connectivity index (χ1) is 26.2. The number of anilines is 1. The average Bonchev–Trinajstić information content (AvgIpc) is 3.17. The van der Waals surface area contributed by atoms with Crippen LogP contribution in [0, 0.1) is 0 Å². The predicted molar refractivity (Wildman–Crippen MR) is 212 cm³/mol. The minimum absolute atomic E-state index is 0.187. The predicted octanol–water partition coefficient (Wildman–Crippen LogP) is 6.69. The Morgan fingerprint density at radius 1 is 0.907 bits per heavy atom. The number of carbonyl (C=O) groups is 2. The number of aromatic nitrogens is 2. The summed E-state index contributed by atoms with van der Waals surface area (Å²) in [7, 11) is -4.41. The van der Waals surface area contributed by atoms with E-state index >= 15 is 0 Å². The van der Waals surface area contributed by atoms with Crippen molar-refractivity contribution in [3.63, 3.8) is 0 Å². The highest BCUT2D eigenvalue weighted by atomic mass is 35.5. The lowest BCUT2D eigenvalue weighted by molar-refractivity contribution is -0.116. The number of pyridine rings is 2. The number of hydrogen-bond donors (Lipinski definition) is 4. The lowest BCUT2D eigenvalue weighted by Gasteiger charge is -2.11. The summed E-state index contributed by atoms with van der Waals surface area (Å²) in [6.07, 6.45) is 6.85. The van der Waals surface area contributed by atoms with E-state index in [1.807, 2.05) is 66.7 Å². The van der Waals surface area contributed by atoms with Crippen LogP contribution in [-0.2, 0) is 27.1 Å². The van der Waals surface area contributed by atoms with E-state index in [4.69, 9.17) is 21.3 Å². The smallest absolute Gasteiger partial charge is 0.295 e. The highest BCUT2D eigenvalue weighted by Gasteiger charge is 2.13. The molecule has 0 spiro atoms. The molecule has 0 bridgehead atoms. The fourth-order valence-electron chi connectivity index (χ4n) is 4.87. The van der Waals surface area contributed by atoms with Gasteiger partial charge in [-0.25, -0.2) is 9.97 Å². The SMILES string of the molecule is O=C(/C=C/c1nc(CSc2ccccc2Cl)ccc1OCCc1ccccc1)NCCCNC(=O)c1ccc(N/N=C/c2ccccc2S(=O)(=O)O)nc1. The zero-order chi connectivity index (χ0) is 38.2. The van der Waals surface area contributed by atoms with Crippen molar-refractivity contribution in [1.29, 1.82) is 0 Å². The topological polar surface area (TPSA) is 172 Å². The van der Waals surface area contributed by atoms with E-state index in [-0.39, 0.29) is 22.3 Å². The number of hydrogen-bond acceptors (Lipinski definition) is 10. The first kappa shape index (κ1) is 39.7. The Hall–Kier alpha value is -5.54. The van der Waals surface area contributed by atoms with Crippen molar-refractivity contribution in [3.05, 3.63) is 149 Å². The van der Waals surface area contributed by atoms with Crippen molar-refractivity contribution in [3.8, 4) is 5.75 Å². The second-order valence-corrected chi connectivity index (χ2v) is 14.4. The van der Waals surface area contributed by atoms with E-state index < -0.39 is 10.1 Å². The van der Waals surface area contributed by atoms with Crippen molar-refractivity contribution in [1.82, 2.24) is 20.6 Å². The fraction of sp³-hybridized carbons (Fsp3) is 0.154. The van der Waals surface area contributed by atoms with Gasteiger partial charge < -0.3 is 15.4 Å². The molecule has 0 aliphatic heterocycles. The molecule has 2 amide bonds. The van der Waals surface area contributed by atoms with Gasteiger partial charge in [-0.2, -0.15) is 13.5 Å². The normalized spacial score (nSPS) is 11.4. The summed E-state index contributed by atoms with van der Waals surface area (Å²) in [5.74, 6) is 0.800. The number of benzene rings is 3. The number of amides is 2. The summed E-state index contributed by atoms with van der Waals surface area (Å²) in [4.78, 5) is 34.9. The van der Waals surface area contributed by atoms with Crippen molar-refractivity contribution < 1.29 is 27.3 Å². The number of ether oxygens (including phenoxy) is 1. The van der Waals surface area contributed by atoms with E-state index in [0.29, 0.717) is 59.7 Å². The minimum atomic E-state index is -4.41. The second kappa shape index (κ2) is 20.1. The van der Waals surface area contributed by atoms with Crippen LogP contribution in [0.5, 0.6) is 5.75 Å². The van der Waals surface area contributed by atoms with Gasteiger partial charge in [0, 0.05) is 48.0 Å². The number of rotatable bonds is 18. The Balaban J connectivity index is 1.08. The average molecular weight is 785 g/mol. The van der Waals surface area contributed by atoms with Crippen LogP contribution in [0.3, 0.4) is 0 Å². The van der Waals surface area contributed by atoms with E-state index in [9.17, 15) is 22.6 Å². The molecule has 0 unspecified atom stereocenters. The van der Waals surface area contributed by atoms with Gasteiger partial charge in [0.05, 0.1) is 29.1 Å².